The van der Waals surface area contributed by atoms with E-state index in [9.17, 15) is 0 Å². The summed E-state index contributed by atoms with van der Waals surface area (Å²) in [5.74, 6) is 0.605. The van der Waals surface area contributed by atoms with Gasteiger partial charge in [-0.05, 0) is 30.7 Å². The van der Waals surface area contributed by atoms with Crippen molar-refractivity contribution in [2.75, 3.05) is 25.1 Å². The number of ether oxygens (including phenoxy) is 1. The van der Waals surface area contributed by atoms with Crippen molar-refractivity contribution in [1.29, 1.82) is 0 Å². The molecule has 112 valence electrons. The van der Waals surface area contributed by atoms with Gasteiger partial charge in [-0.3, -0.25) is 0 Å². The number of rotatable bonds is 5. The molecule has 2 aromatic rings. The fraction of sp³-hybridized carbons (Fsp3) is 0.500. The number of hydrogen-bond donors (Lipinski definition) is 3. The topological polar surface area (TPSA) is 87.8 Å². The molecule has 21 heavy (non-hydrogen) atoms. The molecule has 3 N–H and O–H groups in total. The largest absolute Gasteiger partial charge is 0.383 e. The fourth-order valence-corrected chi connectivity index (χ4v) is 2.57. The highest BCUT2D eigenvalue weighted by Crippen LogP contribution is 2.19. The van der Waals surface area contributed by atoms with Crippen LogP contribution in [0.15, 0.2) is 24.3 Å². The molecule has 1 aliphatic rings. The van der Waals surface area contributed by atoms with Crippen LogP contribution >= 0.6 is 0 Å². The molecular formula is C14H20N6O. The van der Waals surface area contributed by atoms with Crippen LogP contribution in [0, 0.1) is 0 Å². The van der Waals surface area contributed by atoms with Gasteiger partial charge in [0, 0.05) is 29.9 Å². The fourth-order valence-electron chi connectivity index (χ4n) is 2.57. The maximum atomic E-state index is 5.48. The molecule has 2 heterocycles. The van der Waals surface area contributed by atoms with Gasteiger partial charge in [-0.25, -0.2) is 0 Å². The first-order chi connectivity index (χ1) is 10.3. The first-order valence-corrected chi connectivity index (χ1v) is 7.23. The smallest absolute Gasteiger partial charge is 0.204 e. The highest BCUT2D eigenvalue weighted by Gasteiger charge is 2.16. The van der Waals surface area contributed by atoms with Crippen LogP contribution in [0.2, 0.25) is 0 Å². The second-order valence-corrected chi connectivity index (χ2v) is 5.32. The molecule has 1 fully saturated rings. The van der Waals surface area contributed by atoms with Crippen LogP contribution in [0.5, 0.6) is 0 Å². The molecule has 0 radical (unpaired) electrons. The molecule has 2 atom stereocenters. The van der Waals surface area contributed by atoms with Crippen LogP contribution < -0.4 is 10.6 Å². The molecule has 7 heteroatoms. The van der Waals surface area contributed by atoms with E-state index in [0.29, 0.717) is 17.9 Å². The van der Waals surface area contributed by atoms with E-state index >= 15 is 0 Å². The number of hydrogen-bond acceptors (Lipinski definition) is 6. The van der Waals surface area contributed by atoms with E-state index in [0.717, 1.165) is 37.4 Å². The van der Waals surface area contributed by atoms with Crippen LogP contribution in [0.1, 0.15) is 13.3 Å². The van der Waals surface area contributed by atoms with Crippen molar-refractivity contribution >= 4 is 5.69 Å². The summed E-state index contributed by atoms with van der Waals surface area (Å²) in [6, 6.07) is 8.81. The van der Waals surface area contributed by atoms with E-state index in [-0.39, 0.29) is 0 Å². The average Bonchev–Trinajstić information content (AvgIpc) is 3.02. The number of nitrogens with zero attached hydrogens (tertiary/aromatic N) is 3. The zero-order chi connectivity index (χ0) is 14.5. The predicted molar refractivity (Wildman–Crippen MR) is 79.9 cm³/mol. The number of H-pyrrole nitrogens is 1. The Bertz CT molecular complexity index is 552. The number of aromatic amines is 1. The lowest BCUT2D eigenvalue weighted by molar-refractivity contribution is 0.0731. The van der Waals surface area contributed by atoms with Gasteiger partial charge in [-0.15, -0.1) is 10.2 Å². The van der Waals surface area contributed by atoms with Crippen molar-refractivity contribution in [1.82, 2.24) is 25.9 Å². The van der Waals surface area contributed by atoms with Crippen LogP contribution in [0.3, 0.4) is 0 Å². The summed E-state index contributed by atoms with van der Waals surface area (Å²) in [6.07, 6.45) is 1.02. The van der Waals surface area contributed by atoms with E-state index in [2.05, 4.69) is 38.2 Å². The SMILES string of the molecule is CC(CC1COCCN1)Nc1cccc(-c2nn[nH]n2)c1. The number of aromatic nitrogens is 4. The summed E-state index contributed by atoms with van der Waals surface area (Å²) in [7, 11) is 0. The lowest BCUT2D eigenvalue weighted by Crippen LogP contribution is -2.43. The van der Waals surface area contributed by atoms with Gasteiger partial charge in [0.05, 0.1) is 13.2 Å². The minimum Gasteiger partial charge on any atom is -0.383 e. The quantitative estimate of drug-likeness (QED) is 0.762. The van der Waals surface area contributed by atoms with Gasteiger partial charge in [-0.2, -0.15) is 5.21 Å². The summed E-state index contributed by atoms with van der Waals surface area (Å²) in [6.45, 7) is 4.71. The minimum absolute atomic E-state index is 0.352. The Morgan fingerprint density at radius 1 is 1.48 bits per heavy atom. The third-order valence-electron chi connectivity index (χ3n) is 3.52. The molecule has 0 saturated carbocycles. The normalized spacial score (nSPS) is 20.1. The number of tetrazole rings is 1. The third kappa shape index (κ3) is 3.77. The molecule has 2 unspecified atom stereocenters. The Morgan fingerprint density at radius 3 is 3.19 bits per heavy atom. The Morgan fingerprint density at radius 2 is 2.43 bits per heavy atom. The number of anilines is 1. The zero-order valence-electron chi connectivity index (χ0n) is 12.0. The molecule has 1 saturated heterocycles. The van der Waals surface area contributed by atoms with Gasteiger partial charge in [-0.1, -0.05) is 12.1 Å². The summed E-state index contributed by atoms with van der Waals surface area (Å²) in [5.41, 5.74) is 2.00. The molecular weight excluding hydrogens is 268 g/mol. The Labute approximate surface area is 123 Å². The molecule has 3 rings (SSSR count). The standard InChI is InChI=1S/C14H20N6O/c1-10(7-13-9-21-6-5-15-13)16-12-4-2-3-11(8-12)14-17-19-20-18-14/h2-4,8,10,13,15-16H,5-7,9H2,1H3,(H,17,18,19,20). The summed E-state index contributed by atoms with van der Waals surface area (Å²) in [4.78, 5) is 0. The maximum Gasteiger partial charge on any atom is 0.204 e. The van der Waals surface area contributed by atoms with Crippen LogP contribution in [0.25, 0.3) is 11.4 Å². The van der Waals surface area contributed by atoms with Crippen molar-refractivity contribution in [3.05, 3.63) is 24.3 Å². The molecule has 7 nitrogen and oxygen atoms in total. The Hall–Kier alpha value is -1.99. The van der Waals surface area contributed by atoms with E-state index < -0.39 is 0 Å². The van der Waals surface area contributed by atoms with E-state index in [1.54, 1.807) is 0 Å². The summed E-state index contributed by atoms with van der Waals surface area (Å²) in [5, 5.41) is 21.0. The van der Waals surface area contributed by atoms with Crippen molar-refractivity contribution in [2.24, 2.45) is 0 Å². The van der Waals surface area contributed by atoms with Crippen molar-refractivity contribution in [3.8, 4) is 11.4 Å². The molecule has 0 aliphatic carbocycles. The highest BCUT2D eigenvalue weighted by molar-refractivity contribution is 5.61. The van der Waals surface area contributed by atoms with Gasteiger partial charge in [0.1, 0.15) is 0 Å². The first kappa shape index (κ1) is 14.0. The second kappa shape index (κ2) is 6.64. The van der Waals surface area contributed by atoms with Crippen molar-refractivity contribution in [2.45, 2.75) is 25.4 Å². The maximum absolute atomic E-state index is 5.48. The predicted octanol–water partition coefficient (Wildman–Crippen LogP) is 1.05. The van der Waals surface area contributed by atoms with Gasteiger partial charge < -0.3 is 15.4 Å². The second-order valence-electron chi connectivity index (χ2n) is 5.32. The van der Waals surface area contributed by atoms with Crippen LogP contribution in [0.4, 0.5) is 5.69 Å². The molecule has 0 spiro atoms. The molecule has 0 bridgehead atoms. The first-order valence-electron chi connectivity index (χ1n) is 7.23. The number of morpholine rings is 1. The van der Waals surface area contributed by atoms with E-state index in [1.807, 2.05) is 24.3 Å². The third-order valence-corrected chi connectivity index (χ3v) is 3.52. The molecule has 1 aromatic heterocycles. The molecule has 1 aliphatic heterocycles. The van der Waals surface area contributed by atoms with Crippen LogP contribution in [-0.2, 0) is 4.74 Å². The zero-order valence-corrected chi connectivity index (χ0v) is 12.0. The molecule has 0 amide bonds. The van der Waals surface area contributed by atoms with Gasteiger partial charge in [0.15, 0.2) is 0 Å². The summed E-state index contributed by atoms with van der Waals surface area (Å²) >= 11 is 0. The highest BCUT2D eigenvalue weighted by atomic mass is 16.5. The van der Waals surface area contributed by atoms with Crippen molar-refractivity contribution in [3.63, 3.8) is 0 Å². The average molecular weight is 288 g/mol. The summed E-state index contributed by atoms with van der Waals surface area (Å²) < 4.78 is 5.48. The van der Waals surface area contributed by atoms with Gasteiger partial charge >= 0.3 is 0 Å². The monoisotopic (exact) mass is 288 g/mol. The van der Waals surface area contributed by atoms with E-state index in [1.165, 1.54) is 0 Å². The lowest BCUT2D eigenvalue weighted by atomic mass is 10.1. The number of nitrogens with one attached hydrogen (secondary N) is 3. The van der Waals surface area contributed by atoms with Gasteiger partial charge in [0.2, 0.25) is 5.82 Å². The van der Waals surface area contributed by atoms with E-state index in [4.69, 9.17) is 4.74 Å². The Balaban J connectivity index is 1.60. The lowest BCUT2D eigenvalue weighted by Gasteiger charge is -2.27. The van der Waals surface area contributed by atoms with Crippen LogP contribution in [-0.4, -0.2) is 52.5 Å². The van der Waals surface area contributed by atoms with Gasteiger partial charge in [0.25, 0.3) is 0 Å². The Kier molecular flexibility index (Phi) is 4.42. The number of benzene rings is 1. The molecule has 1 aromatic carbocycles. The van der Waals surface area contributed by atoms with Crippen molar-refractivity contribution < 1.29 is 4.74 Å². The minimum atomic E-state index is 0.352.